The van der Waals surface area contributed by atoms with Gasteiger partial charge in [0.05, 0.1) is 26.1 Å². The number of aryl methyl sites for hydroxylation is 1. The van der Waals surface area contributed by atoms with Crippen molar-refractivity contribution in [3.8, 4) is 11.4 Å². The van der Waals surface area contributed by atoms with Crippen molar-refractivity contribution in [2.75, 3.05) is 14.2 Å². The van der Waals surface area contributed by atoms with Crippen molar-refractivity contribution >= 4 is 5.97 Å². The Balaban J connectivity index is 2.39. The average Bonchev–Trinajstić information content (AvgIpc) is 2.97. The first kappa shape index (κ1) is 18.5. The second-order valence-corrected chi connectivity index (χ2v) is 5.72. The molecule has 0 aliphatic carbocycles. The molecule has 0 aliphatic heterocycles. The number of halogens is 1. The topological polar surface area (TPSA) is 62.6 Å². The lowest BCUT2D eigenvalue weighted by atomic mass is 10.1. The monoisotopic (exact) mass is 348 g/mol. The van der Waals surface area contributed by atoms with Crippen molar-refractivity contribution in [1.82, 2.24) is 9.78 Å². The van der Waals surface area contributed by atoms with Crippen LogP contribution in [0.15, 0.2) is 36.4 Å². The van der Waals surface area contributed by atoms with Gasteiger partial charge in [-0.15, -0.1) is 0 Å². The molecule has 134 valence electrons. The molecule has 0 unspecified atom stereocenters. The molecule has 1 aromatic carbocycles. The van der Waals surface area contributed by atoms with Gasteiger partial charge < -0.3 is 14.2 Å². The molecule has 0 atom stereocenters. The molecule has 7 heteroatoms. The predicted octanol–water partition coefficient (Wildman–Crippen LogP) is 3.48. The van der Waals surface area contributed by atoms with E-state index in [1.807, 2.05) is 20.8 Å². The normalized spacial score (nSPS) is 11.6. The number of benzene rings is 1. The van der Waals surface area contributed by atoms with Crippen molar-refractivity contribution in [2.45, 2.75) is 26.7 Å². The van der Waals surface area contributed by atoms with E-state index < -0.39 is 5.97 Å². The molecule has 0 radical (unpaired) electrons. The predicted molar refractivity (Wildman–Crippen MR) is 90.1 cm³/mol. The summed E-state index contributed by atoms with van der Waals surface area (Å²) in [6.45, 7) is 5.57. The van der Waals surface area contributed by atoms with Crippen LogP contribution >= 0.6 is 0 Å². The molecule has 0 amide bonds. The molecule has 1 heterocycles. The number of hydrogen-bond acceptors (Lipinski definition) is 5. The van der Waals surface area contributed by atoms with E-state index in [0.717, 1.165) is 11.8 Å². The van der Waals surface area contributed by atoms with Gasteiger partial charge in [-0.1, -0.05) is 19.9 Å². The first-order valence-electron chi connectivity index (χ1n) is 7.72. The van der Waals surface area contributed by atoms with Gasteiger partial charge in [-0.3, -0.25) is 0 Å². The lowest BCUT2D eigenvalue weighted by Crippen LogP contribution is -2.12. The first-order valence-corrected chi connectivity index (χ1v) is 7.72. The third-order valence-corrected chi connectivity index (χ3v) is 3.51. The molecule has 6 nitrogen and oxygen atoms in total. The number of carbonyl (C=O) groups excluding carboxylic acids is 1. The Morgan fingerprint density at radius 1 is 1.32 bits per heavy atom. The minimum Gasteiger partial charge on any atom is -0.500 e. The van der Waals surface area contributed by atoms with E-state index in [1.165, 1.54) is 25.1 Å². The Morgan fingerprint density at radius 3 is 2.60 bits per heavy atom. The highest BCUT2D eigenvalue weighted by atomic mass is 19.1. The summed E-state index contributed by atoms with van der Waals surface area (Å²) in [4.78, 5) is 11.7. The largest absolute Gasteiger partial charge is 0.500 e. The number of aromatic nitrogens is 2. The highest BCUT2D eigenvalue weighted by molar-refractivity contribution is 5.86. The summed E-state index contributed by atoms with van der Waals surface area (Å²) in [6.07, 6.45) is 2.47. The third-order valence-electron chi connectivity index (χ3n) is 3.51. The summed E-state index contributed by atoms with van der Waals surface area (Å²) in [5, 5.41) is 4.27. The van der Waals surface area contributed by atoms with Crippen LogP contribution in [0.2, 0.25) is 0 Å². The minimum absolute atomic E-state index is 0.0296. The standard InChI is InChI=1S/C18H21FN2O4/c1-11(2)17-14(19)9-21(20-17)13-7-6-12(3)15(8-13)25-16(10-23-4)18(22)24-5/h6-11H,1-5H3/b16-10-. The number of carbonyl (C=O) groups is 1. The van der Waals surface area contributed by atoms with Gasteiger partial charge in [-0.05, 0) is 18.6 Å². The molecule has 0 saturated heterocycles. The number of nitrogens with zero attached hydrogens (tertiary/aromatic N) is 2. The van der Waals surface area contributed by atoms with Crippen LogP contribution in [-0.4, -0.2) is 30.0 Å². The zero-order valence-corrected chi connectivity index (χ0v) is 14.9. The summed E-state index contributed by atoms with van der Waals surface area (Å²) >= 11 is 0. The first-order chi connectivity index (χ1) is 11.9. The Morgan fingerprint density at radius 2 is 2.04 bits per heavy atom. The average molecular weight is 348 g/mol. The van der Waals surface area contributed by atoms with Crippen LogP contribution in [0.25, 0.3) is 5.69 Å². The molecular formula is C18H21FN2O4. The molecule has 0 spiro atoms. The number of rotatable bonds is 6. The van der Waals surface area contributed by atoms with Crippen LogP contribution in [-0.2, 0) is 14.3 Å². The van der Waals surface area contributed by atoms with Gasteiger partial charge in [0.2, 0.25) is 5.76 Å². The number of esters is 1. The maximum atomic E-state index is 14.0. The molecular weight excluding hydrogens is 327 g/mol. The van der Waals surface area contributed by atoms with Crippen molar-refractivity contribution in [2.24, 2.45) is 0 Å². The summed E-state index contributed by atoms with van der Waals surface area (Å²) in [7, 11) is 2.65. The fraction of sp³-hybridized carbons (Fsp3) is 0.333. The molecule has 2 aromatic rings. The minimum atomic E-state index is -0.668. The van der Waals surface area contributed by atoms with Crippen LogP contribution in [0.4, 0.5) is 4.39 Å². The van der Waals surface area contributed by atoms with E-state index in [1.54, 1.807) is 18.2 Å². The van der Waals surface area contributed by atoms with E-state index >= 15 is 0 Å². The van der Waals surface area contributed by atoms with Gasteiger partial charge in [-0.25, -0.2) is 13.9 Å². The van der Waals surface area contributed by atoms with Crippen LogP contribution in [0.1, 0.15) is 31.0 Å². The van der Waals surface area contributed by atoms with Crippen molar-refractivity contribution in [1.29, 1.82) is 0 Å². The quantitative estimate of drug-likeness (QED) is 0.454. The number of methoxy groups -OCH3 is 2. The Kier molecular flexibility index (Phi) is 5.80. The third kappa shape index (κ3) is 4.17. The molecule has 0 saturated carbocycles. The van der Waals surface area contributed by atoms with Crippen LogP contribution in [0.3, 0.4) is 0 Å². The van der Waals surface area contributed by atoms with E-state index in [-0.39, 0.29) is 17.5 Å². The van der Waals surface area contributed by atoms with E-state index in [0.29, 0.717) is 17.1 Å². The SMILES string of the molecule is CO/C=C(\Oc1cc(-n2cc(F)c(C(C)C)n2)ccc1C)C(=O)OC. The maximum Gasteiger partial charge on any atom is 0.377 e. The zero-order chi connectivity index (χ0) is 18.6. The molecule has 0 bridgehead atoms. The summed E-state index contributed by atoms with van der Waals surface area (Å²) < 4.78 is 30.5. The van der Waals surface area contributed by atoms with Gasteiger partial charge in [-0.2, -0.15) is 5.10 Å². The lowest BCUT2D eigenvalue weighted by Gasteiger charge is -2.12. The summed E-state index contributed by atoms with van der Waals surface area (Å²) in [6, 6.07) is 5.25. The highest BCUT2D eigenvalue weighted by Gasteiger charge is 2.17. The fourth-order valence-electron chi connectivity index (χ4n) is 2.17. The molecule has 1 aromatic heterocycles. The lowest BCUT2D eigenvalue weighted by molar-refractivity contribution is -0.138. The van der Waals surface area contributed by atoms with E-state index in [4.69, 9.17) is 9.47 Å². The second kappa shape index (κ2) is 7.83. The molecule has 25 heavy (non-hydrogen) atoms. The number of hydrogen-bond donors (Lipinski definition) is 0. The van der Waals surface area contributed by atoms with Crippen molar-refractivity contribution in [3.05, 3.63) is 53.5 Å². The summed E-state index contributed by atoms with van der Waals surface area (Å²) in [5.41, 5.74) is 1.77. The molecule has 2 rings (SSSR count). The number of ether oxygens (including phenoxy) is 3. The van der Waals surface area contributed by atoms with E-state index in [2.05, 4.69) is 9.84 Å². The highest BCUT2D eigenvalue weighted by Crippen LogP contribution is 2.25. The second-order valence-electron chi connectivity index (χ2n) is 5.72. The zero-order valence-electron chi connectivity index (χ0n) is 14.9. The fourth-order valence-corrected chi connectivity index (χ4v) is 2.17. The van der Waals surface area contributed by atoms with Crippen molar-refractivity contribution < 1.29 is 23.4 Å². The van der Waals surface area contributed by atoms with E-state index in [9.17, 15) is 9.18 Å². The molecule has 0 N–H and O–H groups in total. The Hall–Kier alpha value is -2.83. The Labute approximate surface area is 145 Å². The molecule has 0 fully saturated rings. The Bertz CT molecular complexity index is 796. The van der Waals surface area contributed by atoms with Crippen molar-refractivity contribution in [3.63, 3.8) is 0 Å². The van der Waals surface area contributed by atoms with Gasteiger partial charge >= 0.3 is 5.97 Å². The van der Waals surface area contributed by atoms with Gasteiger partial charge in [0, 0.05) is 12.0 Å². The van der Waals surface area contributed by atoms with Crippen LogP contribution < -0.4 is 4.74 Å². The summed E-state index contributed by atoms with van der Waals surface area (Å²) in [5.74, 6) is -0.752. The smallest absolute Gasteiger partial charge is 0.377 e. The van der Waals surface area contributed by atoms with Gasteiger partial charge in [0.1, 0.15) is 17.7 Å². The maximum absolute atomic E-state index is 14.0. The molecule has 0 aliphatic rings. The van der Waals surface area contributed by atoms with Gasteiger partial charge in [0.25, 0.3) is 0 Å². The van der Waals surface area contributed by atoms with Gasteiger partial charge in [0.15, 0.2) is 5.82 Å². The van der Waals surface area contributed by atoms with Crippen LogP contribution in [0, 0.1) is 12.7 Å². The van der Waals surface area contributed by atoms with Crippen LogP contribution in [0.5, 0.6) is 5.75 Å².